The minimum atomic E-state index is -0.582. The largest absolute Gasteiger partial charge is 0.468 e. The third-order valence-electron chi connectivity index (χ3n) is 2.87. The van der Waals surface area contributed by atoms with Gasteiger partial charge in [-0.05, 0) is 33.6 Å². The second-order valence-corrected chi connectivity index (χ2v) is 4.99. The fourth-order valence-corrected chi connectivity index (χ4v) is 2.49. The Balaban J connectivity index is 2.24. The average Bonchev–Trinajstić information content (AvgIpc) is 2.91. The van der Waals surface area contributed by atoms with Crippen LogP contribution in [0.2, 0.25) is 0 Å². The highest BCUT2D eigenvalue weighted by Gasteiger charge is 2.25. The van der Waals surface area contributed by atoms with Gasteiger partial charge in [0.15, 0.2) is 11.5 Å². The molecule has 6 nitrogen and oxygen atoms in total. The summed E-state index contributed by atoms with van der Waals surface area (Å²) in [5.74, 6) is 0.887. The van der Waals surface area contributed by atoms with Crippen molar-refractivity contribution in [2.75, 3.05) is 34.2 Å². The number of hydrogen-bond acceptors (Lipinski definition) is 6. The van der Waals surface area contributed by atoms with Crippen LogP contribution in [0.3, 0.4) is 0 Å². The molecule has 1 aliphatic rings. The van der Waals surface area contributed by atoms with E-state index in [9.17, 15) is 4.79 Å². The summed E-state index contributed by atoms with van der Waals surface area (Å²) in [4.78, 5) is 11.9. The lowest BCUT2D eigenvalue weighted by atomic mass is 10.1. The number of fused-ring (bicyclic) bond motifs is 1. The van der Waals surface area contributed by atoms with E-state index in [0.29, 0.717) is 24.7 Å². The number of nitrogens with one attached hydrogen (secondary N) is 1. The predicted octanol–water partition coefficient (Wildman–Crippen LogP) is 1.63. The summed E-state index contributed by atoms with van der Waals surface area (Å²) >= 11 is 3.41. The zero-order chi connectivity index (χ0) is 14.5. The summed E-state index contributed by atoms with van der Waals surface area (Å²) in [6.07, 6.45) is 0. The first kappa shape index (κ1) is 15.1. The minimum Gasteiger partial charge on any atom is -0.468 e. The zero-order valence-corrected chi connectivity index (χ0v) is 12.9. The van der Waals surface area contributed by atoms with Crippen LogP contribution in [0.25, 0.3) is 0 Å². The second-order valence-electron chi connectivity index (χ2n) is 4.14. The van der Waals surface area contributed by atoms with Gasteiger partial charge in [0.1, 0.15) is 6.04 Å². The molecule has 1 atom stereocenters. The Morgan fingerprint density at radius 1 is 1.45 bits per heavy atom. The summed E-state index contributed by atoms with van der Waals surface area (Å²) in [6.45, 7) is 1.21. The number of rotatable bonds is 6. The Morgan fingerprint density at radius 3 is 2.95 bits per heavy atom. The number of methoxy groups -OCH3 is 2. The number of benzene rings is 1. The molecule has 1 aliphatic heterocycles. The Morgan fingerprint density at radius 2 is 2.25 bits per heavy atom. The summed E-state index contributed by atoms with van der Waals surface area (Å²) < 4.78 is 21.2. The van der Waals surface area contributed by atoms with Gasteiger partial charge in [-0.3, -0.25) is 5.32 Å². The normalized spacial score (nSPS) is 14.2. The van der Waals surface area contributed by atoms with Crippen LogP contribution < -0.4 is 14.8 Å². The van der Waals surface area contributed by atoms with Gasteiger partial charge in [0, 0.05) is 13.7 Å². The molecule has 0 fully saturated rings. The number of carbonyl (C=O) groups is 1. The van der Waals surface area contributed by atoms with Crippen molar-refractivity contribution in [2.24, 2.45) is 0 Å². The number of carbonyl (C=O) groups excluding carboxylic acids is 1. The van der Waals surface area contributed by atoms with E-state index in [0.717, 1.165) is 10.0 Å². The third kappa shape index (κ3) is 3.23. The fourth-order valence-electron chi connectivity index (χ4n) is 1.91. The fraction of sp³-hybridized carbons (Fsp3) is 0.462. The zero-order valence-electron chi connectivity index (χ0n) is 11.3. The van der Waals surface area contributed by atoms with Crippen molar-refractivity contribution in [3.63, 3.8) is 0 Å². The van der Waals surface area contributed by atoms with Gasteiger partial charge in [-0.15, -0.1) is 0 Å². The highest BCUT2D eigenvalue weighted by molar-refractivity contribution is 9.10. The van der Waals surface area contributed by atoms with E-state index < -0.39 is 6.04 Å². The first-order valence-electron chi connectivity index (χ1n) is 6.06. The van der Waals surface area contributed by atoms with Crippen molar-refractivity contribution in [1.29, 1.82) is 0 Å². The molecule has 1 aromatic carbocycles. The molecule has 2 rings (SSSR count). The van der Waals surface area contributed by atoms with Gasteiger partial charge in [0.2, 0.25) is 6.79 Å². The number of halogens is 1. The van der Waals surface area contributed by atoms with Crippen LogP contribution in [-0.4, -0.2) is 40.1 Å². The van der Waals surface area contributed by atoms with Crippen molar-refractivity contribution in [3.05, 3.63) is 22.2 Å². The van der Waals surface area contributed by atoms with Gasteiger partial charge in [0.05, 0.1) is 18.2 Å². The lowest BCUT2D eigenvalue weighted by Gasteiger charge is -2.17. The third-order valence-corrected chi connectivity index (χ3v) is 3.46. The molecule has 1 unspecified atom stereocenters. The van der Waals surface area contributed by atoms with E-state index in [1.807, 2.05) is 6.07 Å². The van der Waals surface area contributed by atoms with Crippen molar-refractivity contribution in [2.45, 2.75) is 6.04 Å². The smallest absolute Gasteiger partial charge is 0.327 e. The predicted molar refractivity (Wildman–Crippen MR) is 74.9 cm³/mol. The summed E-state index contributed by atoms with van der Waals surface area (Å²) in [6, 6.07) is 3.00. The van der Waals surface area contributed by atoms with E-state index in [2.05, 4.69) is 21.2 Å². The maximum absolute atomic E-state index is 11.9. The lowest BCUT2D eigenvalue weighted by Crippen LogP contribution is -2.32. The average molecular weight is 346 g/mol. The van der Waals surface area contributed by atoms with Gasteiger partial charge in [-0.25, -0.2) is 4.79 Å². The van der Waals surface area contributed by atoms with Crippen LogP contribution in [0.4, 0.5) is 0 Å². The molecule has 110 valence electrons. The van der Waals surface area contributed by atoms with Crippen molar-refractivity contribution >= 4 is 21.9 Å². The quantitative estimate of drug-likeness (QED) is 0.624. The minimum absolute atomic E-state index is 0.178. The van der Waals surface area contributed by atoms with E-state index in [4.69, 9.17) is 18.9 Å². The molecule has 0 aliphatic carbocycles. The first-order chi connectivity index (χ1) is 9.67. The molecule has 0 amide bonds. The number of esters is 1. The van der Waals surface area contributed by atoms with E-state index in [1.54, 1.807) is 13.2 Å². The van der Waals surface area contributed by atoms with Gasteiger partial charge in [-0.1, -0.05) is 0 Å². The monoisotopic (exact) mass is 345 g/mol. The van der Waals surface area contributed by atoms with Gasteiger partial charge in [0.25, 0.3) is 0 Å². The molecule has 1 N–H and O–H groups in total. The number of ether oxygens (including phenoxy) is 4. The van der Waals surface area contributed by atoms with E-state index in [-0.39, 0.29) is 12.8 Å². The highest BCUT2D eigenvalue weighted by atomic mass is 79.9. The van der Waals surface area contributed by atoms with E-state index in [1.165, 1.54) is 7.11 Å². The molecule has 0 spiro atoms. The molecule has 1 heterocycles. The maximum Gasteiger partial charge on any atom is 0.327 e. The Kier molecular flexibility index (Phi) is 5.22. The standard InChI is InChI=1S/C13H16BrNO5/c1-17-4-3-15-11(13(16)18-2)8-5-9(14)12-10(6-8)19-7-20-12/h5-6,11,15H,3-4,7H2,1-2H3. The van der Waals surface area contributed by atoms with Crippen molar-refractivity contribution in [3.8, 4) is 11.5 Å². The van der Waals surface area contributed by atoms with E-state index >= 15 is 0 Å². The molecular formula is C13H16BrNO5. The molecule has 1 aromatic rings. The van der Waals surface area contributed by atoms with Gasteiger partial charge >= 0.3 is 5.97 Å². The lowest BCUT2D eigenvalue weighted by molar-refractivity contribution is -0.143. The Bertz CT molecular complexity index is 494. The Hall–Kier alpha value is -1.31. The summed E-state index contributed by atoms with van der Waals surface area (Å²) in [7, 11) is 2.96. The van der Waals surface area contributed by atoms with Gasteiger partial charge < -0.3 is 18.9 Å². The molecule has 0 radical (unpaired) electrons. The first-order valence-corrected chi connectivity index (χ1v) is 6.86. The Labute approximate surface area is 125 Å². The van der Waals surface area contributed by atoms with Crippen LogP contribution >= 0.6 is 15.9 Å². The molecule has 0 aromatic heterocycles. The van der Waals surface area contributed by atoms with Crippen LogP contribution in [0.15, 0.2) is 16.6 Å². The molecule has 0 saturated heterocycles. The summed E-state index contributed by atoms with van der Waals surface area (Å²) in [5, 5.41) is 3.09. The highest BCUT2D eigenvalue weighted by Crippen LogP contribution is 2.41. The molecule has 7 heteroatoms. The van der Waals surface area contributed by atoms with Crippen molar-refractivity contribution in [1.82, 2.24) is 5.32 Å². The summed E-state index contributed by atoms with van der Waals surface area (Å²) in [5.41, 5.74) is 0.740. The van der Waals surface area contributed by atoms with Crippen LogP contribution in [0, 0.1) is 0 Å². The molecule has 0 bridgehead atoms. The topological polar surface area (TPSA) is 66.0 Å². The molecule has 0 saturated carbocycles. The molecular weight excluding hydrogens is 330 g/mol. The number of hydrogen-bond donors (Lipinski definition) is 1. The second kappa shape index (κ2) is 6.92. The van der Waals surface area contributed by atoms with Crippen molar-refractivity contribution < 1.29 is 23.7 Å². The van der Waals surface area contributed by atoms with Crippen LogP contribution in [-0.2, 0) is 14.3 Å². The SMILES string of the molecule is COCCNC(C(=O)OC)c1cc(Br)c2c(c1)OCO2. The maximum atomic E-state index is 11.9. The van der Waals surface area contributed by atoms with Gasteiger partial charge in [-0.2, -0.15) is 0 Å². The van der Waals surface area contributed by atoms with Crippen LogP contribution in [0.5, 0.6) is 11.5 Å². The molecule has 20 heavy (non-hydrogen) atoms. The van der Waals surface area contributed by atoms with Crippen LogP contribution in [0.1, 0.15) is 11.6 Å².